The van der Waals surface area contributed by atoms with Gasteiger partial charge in [-0.25, -0.2) is 4.79 Å². The quantitative estimate of drug-likeness (QED) is 0.627. The van der Waals surface area contributed by atoms with Gasteiger partial charge in [-0.2, -0.15) is 0 Å². The maximum absolute atomic E-state index is 11.7. The Morgan fingerprint density at radius 2 is 1.53 bits per heavy atom. The topological polar surface area (TPSA) is 113 Å². The molecule has 3 N–H and O–H groups in total. The van der Waals surface area contributed by atoms with Crippen LogP contribution in [0.1, 0.15) is 76.1 Å². The van der Waals surface area contributed by atoms with E-state index in [1.807, 2.05) is 48.5 Å². The second kappa shape index (κ2) is 8.02. The summed E-state index contributed by atoms with van der Waals surface area (Å²) in [5, 5.41) is 41.6. The van der Waals surface area contributed by atoms with Gasteiger partial charge >= 0.3 is 5.97 Å². The average Bonchev–Trinajstić information content (AvgIpc) is 2.62. The number of carboxylic acid groups (broad SMARTS) is 1. The Morgan fingerprint density at radius 3 is 2.00 bits per heavy atom. The van der Waals surface area contributed by atoms with Gasteiger partial charge in [-0.1, -0.05) is 0 Å². The number of ether oxygens (including phenoxy) is 1. The summed E-state index contributed by atoms with van der Waals surface area (Å²) in [5.41, 5.74) is 1.26. The largest absolute Gasteiger partial charge is 0.784 e. The summed E-state index contributed by atoms with van der Waals surface area (Å²) in [6.45, 7) is 14.6. The number of benzene rings is 1. The summed E-state index contributed by atoms with van der Waals surface area (Å²) in [7, 11) is 0. The molecular formula is C23H36NO6-. The third-order valence-electron chi connectivity index (χ3n) is 6.54. The molecule has 0 aliphatic carbocycles. The lowest BCUT2D eigenvalue weighted by atomic mass is 9.80. The van der Waals surface area contributed by atoms with Crippen LogP contribution in [-0.2, 0) is 11.2 Å². The van der Waals surface area contributed by atoms with E-state index in [1.54, 1.807) is 6.92 Å². The summed E-state index contributed by atoms with van der Waals surface area (Å²) in [6.07, 6.45) is 1.83. The number of carboxylic acids is 1. The molecule has 0 spiro atoms. The van der Waals surface area contributed by atoms with Crippen LogP contribution in [-0.4, -0.2) is 49.1 Å². The number of rotatable bonds is 1. The molecule has 1 unspecified atom stereocenters. The van der Waals surface area contributed by atoms with E-state index in [-0.39, 0.29) is 11.9 Å². The molecule has 1 aromatic rings. The highest BCUT2D eigenvalue weighted by atomic mass is 16.5. The fourth-order valence-electron chi connectivity index (χ4n) is 4.61. The Morgan fingerprint density at radius 1 is 1.03 bits per heavy atom. The average molecular weight is 423 g/mol. The van der Waals surface area contributed by atoms with Crippen LogP contribution in [0.4, 0.5) is 0 Å². The number of phenolic OH excluding ortho intramolecular Hbond substituents is 1. The third-order valence-corrected chi connectivity index (χ3v) is 6.54. The van der Waals surface area contributed by atoms with Gasteiger partial charge in [0.1, 0.15) is 11.5 Å². The Hall–Kier alpha value is -1.83. The number of nitrogens with zero attached hydrogens (tertiary/aromatic N) is 1. The maximum Gasteiger partial charge on any atom is 0.347 e. The standard InChI is InChI=1S/C14H18O4.C9H18NO2/c1-7-8(2)12-10(9(3)11(7)15)5-6-14(4,18-12)13(16)17;1-8(2)5-7(11)6-9(3,4)10(8)12/h15H,5-6H2,1-4H3,(H,16,17);7,11H,5-6H2,1-4H3/q;-1. The Labute approximate surface area is 179 Å². The highest BCUT2D eigenvalue weighted by molar-refractivity contribution is 5.78. The molecule has 7 heteroatoms. The maximum atomic E-state index is 11.7. The van der Waals surface area contributed by atoms with E-state index in [1.165, 1.54) is 0 Å². The second-order valence-electron chi connectivity index (χ2n) is 10.2. The van der Waals surface area contributed by atoms with Gasteiger partial charge in [-0.05, 0) is 91.3 Å². The Kier molecular flexibility index (Phi) is 6.53. The minimum atomic E-state index is -1.17. The number of hydroxylamine groups is 2. The van der Waals surface area contributed by atoms with Crippen LogP contribution in [0, 0.1) is 26.0 Å². The first-order valence-electron chi connectivity index (χ1n) is 10.4. The van der Waals surface area contributed by atoms with E-state index >= 15 is 0 Å². The van der Waals surface area contributed by atoms with Crippen LogP contribution < -0.4 is 4.74 Å². The number of hydrogen-bond acceptors (Lipinski definition) is 6. The lowest BCUT2D eigenvalue weighted by Crippen LogP contribution is -2.58. The van der Waals surface area contributed by atoms with Crippen molar-refractivity contribution < 1.29 is 24.9 Å². The molecule has 0 saturated carbocycles. The van der Waals surface area contributed by atoms with Crippen molar-refractivity contribution in [2.45, 2.75) is 104 Å². The molecular weight excluding hydrogens is 386 g/mol. The minimum absolute atomic E-state index is 0.286. The molecule has 1 atom stereocenters. The monoisotopic (exact) mass is 422 g/mol. The molecule has 0 bridgehead atoms. The van der Waals surface area contributed by atoms with Gasteiger partial charge in [0.2, 0.25) is 5.60 Å². The molecule has 2 aliphatic rings. The number of aliphatic carboxylic acids is 1. The number of aromatic hydroxyl groups is 1. The fourth-order valence-corrected chi connectivity index (χ4v) is 4.61. The van der Waals surface area contributed by atoms with Gasteiger partial charge in [0.05, 0.1) is 6.10 Å². The number of piperidine rings is 1. The zero-order valence-electron chi connectivity index (χ0n) is 19.4. The molecule has 1 aromatic carbocycles. The molecule has 7 nitrogen and oxygen atoms in total. The molecule has 0 radical (unpaired) electrons. The normalized spacial score (nSPS) is 25.5. The van der Waals surface area contributed by atoms with Crippen molar-refractivity contribution in [2.24, 2.45) is 0 Å². The van der Waals surface area contributed by atoms with Gasteiger partial charge in [0, 0.05) is 23.1 Å². The van der Waals surface area contributed by atoms with E-state index in [0.29, 0.717) is 31.4 Å². The van der Waals surface area contributed by atoms with Crippen molar-refractivity contribution >= 4 is 5.97 Å². The first kappa shape index (κ1) is 24.4. The van der Waals surface area contributed by atoms with Gasteiger partial charge in [0.15, 0.2) is 0 Å². The first-order chi connectivity index (χ1) is 13.5. The number of aliphatic hydroxyl groups is 1. The Bertz CT molecular complexity index is 814. The molecule has 2 aliphatic heterocycles. The summed E-state index contributed by atoms with van der Waals surface area (Å²) in [6, 6.07) is 0. The molecule has 0 amide bonds. The van der Waals surface area contributed by atoms with Gasteiger partial charge in [-0.3, -0.25) is 0 Å². The summed E-state index contributed by atoms with van der Waals surface area (Å²) in [5.74, 6) is -0.0383. The van der Waals surface area contributed by atoms with Crippen molar-refractivity contribution in [2.75, 3.05) is 0 Å². The number of phenols is 1. The van der Waals surface area contributed by atoms with E-state index < -0.39 is 22.6 Å². The molecule has 1 fully saturated rings. The van der Waals surface area contributed by atoms with E-state index in [0.717, 1.165) is 27.3 Å². The zero-order valence-corrected chi connectivity index (χ0v) is 19.4. The van der Waals surface area contributed by atoms with Gasteiger partial charge in [0.25, 0.3) is 0 Å². The number of fused-ring (bicyclic) bond motifs is 1. The second-order valence-corrected chi connectivity index (χ2v) is 10.2. The summed E-state index contributed by atoms with van der Waals surface area (Å²) < 4.78 is 5.72. The van der Waals surface area contributed by atoms with Crippen LogP contribution in [0.5, 0.6) is 11.5 Å². The predicted molar refractivity (Wildman–Crippen MR) is 116 cm³/mol. The van der Waals surface area contributed by atoms with E-state index in [2.05, 4.69) is 0 Å². The van der Waals surface area contributed by atoms with Crippen molar-refractivity contribution in [3.63, 3.8) is 0 Å². The predicted octanol–water partition coefficient (Wildman–Crippen LogP) is 3.98. The molecule has 170 valence electrons. The van der Waals surface area contributed by atoms with Gasteiger partial charge < -0.3 is 30.3 Å². The van der Waals surface area contributed by atoms with Crippen molar-refractivity contribution in [3.05, 3.63) is 27.5 Å². The van der Waals surface area contributed by atoms with Crippen LogP contribution in [0.15, 0.2) is 0 Å². The number of carbonyl (C=O) groups is 1. The van der Waals surface area contributed by atoms with Crippen molar-refractivity contribution in [1.82, 2.24) is 5.06 Å². The SMILES string of the molecule is CC1(C)CC(O)CC(C)(C)N1[O-].Cc1c(C)c2c(c(C)c1O)CCC(C)(C(=O)O)O2. The number of aliphatic hydroxyl groups excluding tert-OH is 1. The summed E-state index contributed by atoms with van der Waals surface area (Å²) in [4.78, 5) is 11.3. The van der Waals surface area contributed by atoms with Crippen LogP contribution in [0.2, 0.25) is 0 Å². The van der Waals surface area contributed by atoms with Crippen LogP contribution in [0.25, 0.3) is 0 Å². The van der Waals surface area contributed by atoms with Crippen molar-refractivity contribution in [1.29, 1.82) is 0 Å². The van der Waals surface area contributed by atoms with Crippen molar-refractivity contribution in [3.8, 4) is 11.5 Å². The summed E-state index contributed by atoms with van der Waals surface area (Å²) >= 11 is 0. The smallest absolute Gasteiger partial charge is 0.347 e. The minimum Gasteiger partial charge on any atom is -0.784 e. The van der Waals surface area contributed by atoms with Gasteiger partial charge in [-0.15, -0.1) is 0 Å². The fraction of sp³-hybridized carbons (Fsp3) is 0.696. The lowest BCUT2D eigenvalue weighted by molar-refractivity contribution is -0.155. The van der Waals surface area contributed by atoms with Crippen LogP contribution >= 0.6 is 0 Å². The number of hydrogen-bond donors (Lipinski definition) is 3. The highest BCUT2D eigenvalue weighted by Crippen LogP contribution is 2.43. The zero-order chi connectivity index (χ0) is 23.2. The molecule has 30 heavy (non-hydrogen) atoms. The Balaban J connectivity index is 0.000000232. The lowest BCUT2D eigenvalue weighted by Gasteiger charge is -2.59. The first-order valence-corrected chi connectivity index (χ1v) is 10.4. The molecule has 0 aromatic heterocycles. The third kappa shape index (κ3) is 4.43. The molecule has 1 saturated heterocycles. The highest BCUT2D eigenvalue weighted by Gasteiger charge is 2.41. The van der Waals surface area contributed by atoms with E-state index in [4.69, 9.17) is 4.74 Å². The molecule has 2 heterocycles. The van der Waals surface area contributed by atoms with Crippen LogP contribution in [0.3, 0.4) is 0 Å². The molecule has 3 rings (SSSR count). The van der Waals surface area contributed by atoms with E-state index in [9.17, 15) is 25.3 Å².